The molecule has 0 saturated heterocycles. The van der Waals surface area contributed by atoms with Crippen LogP contribution >= 0.6 is 33.7 Å². The van der Waals surface area contributed by atoms with E-state index in [4.69, 9.17) is 16.3 Å². The minimum absolute atomic E-state index is 0.0702. The van der Waals surface area contributed by atoms with E-state index in [0.717, 1.165) is 17.4 Å². The van der Waals surface area contributed by atoms with Crippen molar-refractivity contribution in [3.8, 4) is 5.75 Å². The Balaban J connectivity index is 1.48. The molecule has 10 nitrogen and oxygen atoms in total. The first-order valence-corrected chi connectivity index (χ1v) is 12.4. The standard InChI is InChI=1S/C20H19ClFN5O5S2/c1-10-5-11(27-9-32-15-7-14(23-2)13(22)6-12(15)19(27)28)8-24-18(10)25-20(29)26-34(30,31)17-4-3-16(21)33-17/h3-8,23,30-31H,9H2,1-2H3,(H2,24,25,26,29). The molecular formula is C20H19ClFN5O5S2. The number of nitrogens with one attached hydrogen (secondary N) is 3. The van der Waals surface area contributed by atoms with Crippen molar-refractivity contribution in [2.75, 3.05) is 29.3 Å². The number of carbonyl (C=O) groups is 2. The number of anilines is 3. The smallest absolute Gasteiger partial charge is 0.339 e. The molecule has 0 fully saturated rings. The molecule has 0 atom stereocenters. The number of benzene rings is 1. The van der Waals surface area contributed by atoms with E-state index in [-0.39, 0.29) is 33.8 Å². The number of amides is 3. The second-order valence-corrected chi connectivity index (χ2v) is 10.8. The van der Waals surface area contributed by atoms with E-state index in [0.29, 0.717) is 15.6 Å². The number of aryl methyl sites for hydroxylation is 1. The highest BCUT2D eigenvalue weighted by molar-refractivity contribution is 8.24. The lowest BCUT2D eigenvalue weighted by atomic mass is 10.1. The summed E-state index contributed by atoms with van der Waals surface area (Å²) in [7, 11) is -2.04. The van der Waals surface area contributed by atoms with Gasteiger partial charge >= 0.3 is 6.03 Å². The maximum atomic E-state index is 14.2. The second-order valence-electron chi connectivity index (χ2n) is 7.11. The highest BCUT2D eigenvalue weighted by Gasteiger charge is 2.29. The Morgan fingerprint density at radius 3 is 2.74 bits per heavy atom. The summed E-state index contributed by atoms with van der Waals surface area (Å²) < 4.78 is 42.7. The Labute approximate surface area is 204 Å². The van der Waals surface area contributed by atoms with Gasteiger partial charge in [-0.25, -0.2) is 18.9 Å². The van der Waals surface area contributed by atoms with Crippen LogP contribution in [0.15, 0.2) is 40.7 Å². The molecule has 3 aromatic rings. The van der Waals surface area contributed by atoms with Crippen molar-refractivity contribution in [1.82, 2.24) is 9.71 Å². The summed E-state index contributed by atoms with van der Waals surface area (Å²) in [4.78, 5) is 30.7. The molecule has 0 bridgehead atoms. The van der Waals surface area contributed by atoms with Gasteiger partial charge in [-0.1, -0.05) is 22.4 Å². The zero-order chi connectivity index (χ0) is 24.6. The molecule has 5 N–H and O–H groups in total. The van der Waals surface area contributed by atoms with E-state index in [1.807, 2.05) is 0 Å². The van der Waals surface area contributed by atoms with Gasteiger partial charge in [-0.2, -0.15) is 0 Å². The Kier molecular flexibility index (Phi) is 6.55. The molecule has 4 rings (SSSR count). The third kappa shape index (κ3) is 4.74. The molecule has 14 heteroatoms. The zero-order valence-corrected chi connectivity index (χ0v) is 20.1. The van der Waals surface area contributed by atoms with Crippen LogP contribution in [0.4, 0.5) is 26.4 Å². The van der Waals surface area contributed by atoms with Gasteiger partial charge in [-0.15, -0.1) is 11.3 Å². The summed E-state index contributed by atoms with van der Waals surface area (Å²) in [6.07, 6.45) is 1.34. The number of hydrogen-bond acceptors (Lipinski definition) is 8. The third-order valence-electron chi connectivity index (χ3n) is 4.83. The number of ether oxygens (including phenoxy) is 1. The molecule has 0 radical (unpaired) electrons. The molecule has 1 aliphatic heterocycles. The number of nitrogens with zero attached hydrogens (tertiary/aromatic N) is 2. The number of hydrogen-bond donors (Lipinski definition) is 5. The average molecular weight is 528 g/mol. The number of rotatable bonds is 5. The van der Waals surface area contributed by atoms with Gasteiger partial charge in [0.05, 0.1) is 27.5 Å². The number of pyridine rings is 1. The van der Waals surface area contributed by atoms with Crippen LogP contribution in [0.25, 0.3) is 0 Å². The fourth-order valence-electron chi connectivity index (χ4n) is 3.16. The quantitative estimate of drug-likeness (QED) is 0.310. The molecule has 3 heterocycles. The van der Waals surface area contributed by atoms with Crippen molar-refractivity contribution < 1.29 is 27.8 Å². The normalized spacial score (nSPS) is 13.7. The van der Waals surface area contributed by atoms with Gasteiger partial charge in [0.1, 0.15) is 21.6 Å². The maximum absolute atomic E-state index is 14.2. The number of fused-ring (bicyclic) bond motifs is 1. The van der Waals surface area contributed by atoms with Gasteiger partial charge in [-0.05, 0) is 36.8 Å². The Morgan fingerprint density at radius 1 is 1.32 bits per heavy atom. The monoisotopic (exact) mass is 527 g/mol. The fraction of sp³-hybridized carbons (Fsp3) is 0.150. The van der Waals surface area contributed by atoms with Crippen molar-refractivity contribution in [2.24, 2.45) is 0 Å². The van der Waals surface area contributed by atoms with Gasteiger partial charge < -0.3 is 10.1 Å². The van der Waals surface area contributed by atoms with Gasteiger partial charge in [-0.3, -0.25) is 24.1 Å². The lowest BCUT2D eigenvalue weighted by molar-refractivity contribution is 0.0936. The molecule has 0 unspecified atom stereocenters. The number of aromatic nitrogens is 1. The molecule has 1 aliphatic rings. The summed E-state index contributed by atoms with van der Waals surface area (Å²) in [6, 6.07) is 6.11. The van der Waals surface area contributed by atoms with Crippen molar-refractivity contribution in [2.45, 2.75) is 11.1 Å². The van der Waals surface area contributed by atoms with Gasteiger partial charge in [0.25, 0.3) is 5.91 Å². The molecule has 0 spiro atoms. The minimum Gasteiger partial charge on any atom is -0.472 e. The van der Waals surface area contributed by atoms with E-state index < -0.39 is 28.5 Å². The first-order valence-electron chi connectivity index (χ1n) is 9.64. The Hall–Kier alpha value is -3.10. The minimum atomic E-state index is -3.60. The molecule has 180 valence electrons. The molecule has 1 aromatic carbocycles. The Bertz CT molecular complexity index is 1290. The van der Waals surface area contributed by atoms with Crippen LogP contribution in [0.1, 0.15) is 15.9 Å². The van der Waals surface area contributed by atoms with Crippen LogP contribution in [-0.4, -0.2) is 39.8 Å². The van der Waals surface area contributed by atoms with Crippen LogP contribution in [0.2, 0.25) is 4.34 Å². The lowest BCUT2D eigenvalue weighted by Gasteiger charge is -2.31. The summed E-state index contributed by atoms with van der Waals surface area (Å²) in [5.74, 6) is -0.657. The van der Waals surface area contributed by atoms with Crippen molar-refractivity contribution in [3.63, 3.8) is 0 Å². The van der Waals surface area contributed by atoms with Crippen LogP contribution in [0.5, 0.6) is 5.75 Å². The van der Waals surface area contributed by atoms with Crippen molar-refractivity contribution >= 4 is 62.8 Å². The van der Waals surface area contributed by atoms with E-state index >= 15 is 0 Å². The SMILES string of the molecule is CNc1cc2c(cc1F)C(=O)N(c1cnc(NC(=O)NS(O)(O)c3ccc(Cl)s3)c(C)c1)CO2. The molecule has 2 aromatic heterocycles. The highest BCUT2D eigenvalue weighted by Crippen LogP contribution is 2.48. The van der Waals surface area contributed by atoms with Crippen LogP contribution in [0.3, 0.4) is 0 Å². The zero-order valence-electron chi connectivity index (χ0n) is 17.8. The first kappa shape index (κ1) is 24.0. The lowest BCUT2D eigenvalue weighted by Crippen LogP contribution is -2.39. The maximum Gasteiger partial charge on any atom is 0.339 e. The van der Waals surface area contributed by atoms with Crippen LogP contribution in [-0.2, 0) is 0 Å². The number of halogens is 2. The molecular weight excluding hydrogens is 509 g/mol. The van der Waals surface area contributed by atoms with E-state index in [2.05, 4.69) is 20.3 Å². The van der Waals surface area contributed by atoms with E-state index in [1.54, 1.807) is 20.0 Å². The van der Waals surface area contributed by atoms with Gasteiger partial charge in [0.2, 0.25) is 0 Å². The van der Waals surface area contributed by atoms with Crippen molar-refractivity contribution in [1.29, 1.82) is 0 Å². The summed E-state index contributed by atoms with van der Waals surface area (Å²) in [5.41, 5.74) is 1.14. The molecule has 0 aliphatic carbocycles. The largest absolute Gasteiger partial charge is 0.472 e. The summed E-state index contributed by atoms with van der Waals surface area (Å²) in [6.45, 7) is 1.53. The topological polar surface area (TPSA) is 136 Å². The van der Waals surface area contributed by atoms with Gasteiger partial charge in [0.15, 0.2) is 6.73 Å². The third-order valence-corrected chi connectivity index (χ3v) is 7.98. The number of thiophene rings is 1. The molecule has 0 saturated carbocycles. The number of carbonyl (C=O) groups excluding carboxylic acids is 2. The van der Waals surface area contributed by atoms with Crippen LogP contribution in [0, 0.1) is 12.7 Å². The summed E-state index contributed by atoms with van der Waals surface area (Å²) >= 11 is 6.74. The predicted octanol–water partition coefficient (Wildman–Crippen LogP) is 5.13. The highest BCUT2D eigenvalue weighted by atomic mass is 35.5. The number of urea groups is 1. The Morgan fingerprint density at radius 2 is 2.09 bits per heavy atom. The average Bonchev–Trinajstić information content (AvgIpc) is 3.22. The van der Waals surface area contributed by atoms with Gasteiger partial charge in [0, 0.05) is 13.1 Å². The molecule has 34 heavy (non-hydrogen) atoms. The fourth-order valence-corrected chi connectivity index (χ4v) is 5.60. The molecule has 3 amide bonds. The van der Waals surface area contributed by atoms with Crippen LogP contribution < -0.4 is 25.0 Å². The summed E-state index contributed by atoms with van der Waals surface area (Å²) in [5, 5.41) is 5.13. The predicted molar refractivity (Wildman–Crippen MR) is 130 cm³/mol. The van der Waals surface area contributed by atoms with E-state index in [9.17, 15) is 23.1 Å². The van der Waals surface area contributed by atoms with E-state index in [1.165, 1.54) is 29.3 Å². The first-order chi connectivity index (χ1) is 16.1. The second kappa shape index (κ2) is 9.27. The van der Waals surface area contributed by atoms with Crippen molar-refractivity contribution in [3.05, 3.63) is 57.8 Å².